The van der Waals surface area contributed by atoms with Crippen molar-refractivity contribution in [1.82, 2.24) is 4.90 Å². The summed E-state index contributed by atoms with van der Waals surface area (Å²) in [7, 11) is -1.74. The van der Waals surface area contributed by atoms with Gasteiger partial charge < -0.3 is 9.33 Å². The SMILES string of the molecule is CC(C)(C)[Si](C)(C)OCC1CN(C(=O)c2ccccc2F)C1. The molecule has 0 aromatic heterocycles. The van der Waals surface area contributed by atoms with Crippen molar-refractivity contribution in [2.75, 3.05) is 19.7 Å². The number of hydrogen-bond acceptors (Lipinski definition) is 2. The van der Waals surface area contributed by atoms with Crippen LogP contribution in [0.1, 0.15) is 31.1 Å². The number of halogens is 1. The fourth-order valence-electron chi connectivity index (χ4n) is 2.19. The van der Waals surface area contributed by atoms with Gasteiger partial charge in [0.25, 0.3) is 5.91 Å². The second kappa shape index (κ2) is 6.12. The van der Waals surface area contributed by atoms with Gasteiger partial charge in [0, 0.05) is 25.6 Å². The van der Waals surface area contributed by atoms with Gasteiger partial charge in [-0.05, 0) is 30.3 Å². The van der Waals surface area contributed by atoms with E-state index in [0.29, 0.717) is 25.6 Å². The van der Waals surface area contributed by atoms with Crippen LogP contribution in [0, 0.1) is 11.7 Å². The van der Waals surface area contributed by atoms with E-state index in [1.165, 1.54) is 12.1 Å². The molecule has 1 aliphatic heterocycles. The number of hydrogen-bond donors (Lipinski definition) is 0. The average molecular weight is 323 g/mol. The van der Waals surface area contributed by atoms with E-state index in [4.69, 9.17) is 4.43 Å². The Morgan fingerprint density at radius 3 is 2.45 bits per heavy atom. The van der Waals surface area contributed by atoms with Crippen molar-refractivity contribution in [3.8, 4) is 0 Å². The molecule has 1 amide bonds. The van der Waals surface area contributed by atoms with E-state index < -0.39 is 14.1 Å². The summed E-state index contributed by atoms with van der Waals surface area (Å²) in [5.74, 6) is -0.306. The lowest BCUT2D eigenvalue weighted by atomic mass is 10.00. The van der Waals surface area contributed by atoms with Gasteiger partial charge in [-0.25, -0.2) is 4.39 Å². The Morgan fingerprint density at radius 2 is 1.91 bits per heavy atom. The Kier molecular flexibility index (Phi) is 4.78. The Balaban J connectivity index is 1.84. The Bertz CT molecular complexity index is 548. The van der Waals surface area contributed by atoms with Crippen LogP contribution < -0.4 is 0 Å². The summed E-state index contributed by atoms with van der Waals surface area (Å²) >= 11 is 0. The van der Waals surface area contributed by atoms with Crippen LogP contribution in [0.15, 0.2) is 24.3 Å². The van der Waals surface area contributed by atoms with E-state index in [1.807, 2.05) is 0 Å². The molecule has 1 saturated heterocycles. The zero-order chi connectivity index (χ0) is 16.5. The highest BCUT2D eigenvalue weighted by atomic mass is 28.4. The largest absolute Gasteiger partial charge is 0.416 e. The first-order valence-electron chi connectivity index (χ1n) is 7.79. The van der Waals surface area contributed by atoms with E-state index in [1.54, 1.807) is 17.0 Å². The molecule has 22 heavy (non-hydrogen) atoms. The molecule has 0 unspecified atom stereocenters. The van der Waals surface area contributed by atoms with Crippen LogP contribution in [0.25, 0.3) is 0 Å². The molecule has 1 aromatic carbocycles. The summed E-state index contributed by atoms with van der Waals surface area (Å²) < 4.78 is 19.8. The van der Waals surface area contributed by atoms with Gasteiger partial charge >= 0.3 is 0 Å². The molecule has 122 valence electrons. The minimum atomic E-state index is -1.74. The Hall–Kier alpha value is -1.20. The van der Waals surface area contributed by atoms with Crippen LogP contribution in [-0.2, 0) is 4.43 Å². The molecule has 0 spiro atoms. The molecule has 1 aromatic rings. The fourth-order valence-corrected chi connectivity index (χ4v) is 3.27. The van der Waals surface area contributed by atoms with E-state index in [-0.39, 0.29) is 16.5 Å². The third kappa shape index (κ3) is 3.58. The number of nitrogens with zero attached hydrogens (tertiary/aromatic N) is 1. The first kappa shape index (κ1) is 17.2. The zero-order valence-corrected chi connectivity index (χ0v) is 15.1. The van der Waals surface area contributed by atoms with E-state index in [2.05, 4.69) is 33.9 Å². The van der Waals surface area contributed by atoms with Crippen LogP contribution in [0.4, 0.5) is 4.39 Å². The minimum absolute atomic E-state index is 0.159. The van der Waals surface area contributed by atoms with Crippen molar-refractivity contribution in [1.29, 1.82) is 0 Å². The molecular weight excluding hydrogens is 297 g/mol. The minimum Gasteiger partial charge on any atom is -0.416 e. The van der Waals surface area contributed by atoms with Crippen molar-refractivity contribution in [3.05, 3.63) is 35.6 Å². The predicted molar refractivity (Wildman–Crippen MR) is 88.9 cm³/mol. The summed E-state index contributed by atoms with van der Waals surface area (Å²) in [5.41, 5.74) is 0.159. The molecule has 0 radical (unpaired) electrons. The van der Waals surface area contributed by atoms with Crippen molar-refractivity contribution in [2.24, 2.45) is 5.92 Å². The van der Waals surface area contributed by atoms with Crippen LogP contribution in [-0.4, -0.2) is 38.8 Å². The fraction of sp³-hybridized carbons (Fsp3) is 0.588. The van der Waals surface area contributed by atoms with Crippen molar-refractivity contribution >= 4 is 14.2 Å². The highest BCUT2D eigenvalue weighted by Gasteiger charge is 2.39. The monoisotopic (exact) mass is 323 g/mol. The second-order valence-corrected chi connectivity index (χ2v) is 12.4. The van der Waals surface area contributed by atoms with Crippen LogP contribution >= 0.6 is 0 Å². The van der Waals surface area contributed by atoms with Gasteiger partial charge in [0.2, 0.25) is 0 Å². The second-order valence-electron chi connectivity index (χ2n) is 7.63. The Morgan fingerprint density at radius 1 is 1.32 bits per heavy atom. The zero-order valence-electron chi connectivity index (χ0n) is 14.1. The molecule has 5 heteroatoms. The maximum Gasteiger partial charge on any atom is 0.256 e. The van der Waals surface area contributed by atoms with Crippen LogP contribution in [0.3, 0.4) is 0 Å². The number of carbonyl (C=O) groups is 1. The first-order chi connectivity index (χ1) is 10.1. The molecule has 0 N–H and O–H groups in total. The molecule has 1 fully saturated rings. The molecule has 2 rings (SSSR count). The van der Waals surface area contributed by atoms with Gasteiger partial charge in [0.15, 0.2) is 8.32 Å². The lowest BCUT2D eigenvalue weighted by Gasteiger charge is -2.43. The molecule has 0 aliphatic carbocycles. The normalized spacial score (nSPS) is 16.5. The summed E-state index contributed by atoms with van der Waals surface area (Å²) in [5, 5.41) is 0.194. The molecule has 3 nitrogen and oxygen atoms in total. The van der Waals surface area contributed by atoms with Crippen LogP contribution in [0.5, 0.6) is 0 Å². The Labute approximate surface area is 133 Å². The molecule has 1 heterocycles. The molecule has 0 bridgehead atoms. The third-order valence-electron chi connectivity index (χ3n) is 4.83. The summed E-state index contributed by atoms with van der Waals surface area (Å²) in [6, 6.07) is 6.15. The van der Waals surface area contributed by atoms with Crippen LogP contribution in [0.2, 0.25) is 18.1 Å². The summed E-state index contributed by atoms with van der Waals surface area (Å²) in [6.07, 6.45) is 0. The van der Waals surface area contributed by atoms with E-state index in [9.17, 15) is 9.18 Å². The number of amides is 1. The van der Waals surface area contributed by atoms with Crippen molar-refractivity contribution < 1.29 is 13.6 Å². The predicted octanol–water partition coefficient (Wildman–Crippen LogP) is 3.92. The molecule has 0 saturated carbocycles. The number of benzene rings is 1. The highest BCUT2D eigenvalue weighted by molar-refractivity contribution is 6.74. The molecular formula is C17H26FNO2Si. The number of likely N-dealkylation sites (tertiary alicyclic amines) is 1. The van der Waals surface area contributed by atoms with E-state index in [0.717, 1.165) is 0 Å². The topological polar surface area (TPSA) is 29.5 Å². The van der Waals surface area contributed by atoms with Gasteiger partial charge in [0.1, 0.15) is 5.82 Å². The first-order valence-corrected chi connectivity index (χ1v) is 10.7. The number of rotatable bonds is 4. The molecule has 1 aliphatic rings. The van der Waals surface area contributed by atoms with Gasteiger partial charge in [-0.2, -0.15) is 0 Å². The van der Waals surface area contributed by atoms with Gasteiger partial charge in [-0.1, -0.05) is 32.9 Å². The average Bonchev–Trinajstić information content (AvgIpc) is 2.35. The van der Waals surface area contributed by atoms with Gasteiger partial charge in [0.05, 0.1) is 5.56 Å². The summed E-state index contributed by atoms with van der Waals surface area (Å²) in [4.78, 5) is 13.9. The van der Waals surface area contributed by atoms with Crippen molar-refractivity contribution in [2.45, 2.75) is 38.9 Å². The van der Waals surface area contributed by atoms with Gasteiger partial charge in [-0.3, -0.25) is 4.79 Å². The summed E-state index contributed by atoms with van der Waals surface area (Å²) in [6.45, 7) is 13.1. The lowest BCUT2D eigenvalue weighted by Crippen LogP contribution is -2.53. The third-order valence-corrected chi connectivity index (χ3v) is 9.34. The highest BCUT2D eigenvalue weighted by Crippen LogP contribution is 2.37. The smallest absolute Gasteiger partial charge is 0.256 e. The molecule has 0 atom stereocenters. The maximum absolute atomic E-state index is 13.6. The lowest BCUT2D eigenvalue weighted by molar-refractivity contribution is 0.0373. The van der Waals surface area contributed by atoms with Gasteiger partial charge in [-0.15, -0.1) is 0 Å². The quantitative estimate of drug-likeness (QED) is 0.786. The maximum atomic E-state index is 13.6. The van der Waals surface area contributed by atoms with Crippen molar-refractivity contribution in [3.63, 3.8) is 0 Å². The number of carbonyl (C=O) groups excluding carboxylic acids is 1. The standard InChI is InChI=1S/C17H26FNO2Si/c1-17(2,3)22(4,5)21-12-13-10-19(11-13)16(20)14-8-6-7-9-15(14)18/h6-9,13H,10-12H2,1-5H3. The van der Waals surface area contributed by atoms with E-state index >= 15 is 0 Å².